The van der Waals surface area contributed by atoms with Gasteiger partial charge in [0.25, 0.3) is 5.56 Å². The molecular weight excluding hydrogens is 316 g/mol. The summed E-state index contributed by atoms with van der Waals surface area (Å²) in [5.41, 5.74) is 2.46. The van der Waals surface area contributed by atoms with Gasteiger partial charge in [0, 0.05) is 12.4 Å². The molecule has 1 aliphatic rings. The van der Waals surface area contributed by atoms with Crippen molar-refractivity contribution in [3.8, 4) is 0 Å². The Morgan fingerprint density at radius 1 is 1.17 bits per heavy atom. The number of nitrogens with zero attached hydrogens (tertiary/aromatic N) is 3. The van der Waals surface area contributed by atoms with E-state index in [2.05, 4.69) is 4.98 Å². The number of nitrogens with one attached hydrogen (secondary N) is 1. The Morgan fingerprint density at radius 2 is 1.96 bits per heavy atom. The van der Waals surface area contributed by atoms with E-state index in [1.165, 1.54) is 4.90 Å². The van der Waals surface area contributed by atoms with Crippen LogP contribution in [0.4, 0.5) is 0 Å². The zero-order chi connectivity index (χ0) is 14.9. The lowest BCUT2D eigenvalue weighted by Crippen LogP contribution is -3.14. The number of rotatable bonds is 3. The van der Waals surface area contributed by atoms with Gasteiger partial charge in [-0.3, -0.25) is 13.8 Å². The molecular formula is C16H19ClN4O2. The minimum atomic E-state index is 0. The van der Waals surface area contributed by atoms with Gasteiger partial charge in [-0.15, -0.1) is 0 Å². The van der Waals surface area contributed by atoms with Crippen molar-refractivity contribution in [1.82, 2.24) is 14.0 Å². The molecule has 1 fully saturated rings. The largest absolute Gasteiger partial charge is 1.00 e. The minimum absolute atomic E-state index is 0. The summed E-state index contributed by atoms with van der Waals surface area (Å²) in [6.07, 6.45) is 3.66. The number of hydrogen-bond acceptors (Lipinski definition) is 3. The fourth-order valence-corrected chi connectivity index (χ4v) is 3.17. The second kappa shape index (κ2) is 6.70. The molecule has 0 aromatic carbocycles. The first-order chi connectivity index (χ1) is 10.8. The standard InChI is InChI=1S/C16H18N4O2.ClH/c21-16-14-4-2-6-19(14)15-13(3-1-5-17-15)20(16)8-7-18-9-11-22-12-10-18;/h1-6H,7-12H2;1H. The highest BCUT2D eigenvalue weighted by atomic mass is 35.5. The number of hydrogen-bond donors (Lipinski definition) is 1. The maximum atomic E-state index is 12.8. The van der Waals surface area contributed by atoms with E-state index in [0.717, 1.165) is 44.0 Å². The summed E-state index contributed by atoms with van der Waals surface area (Å²) < 4.78 is 9.12. The molecule has 0 unspecified atom stereocenters. The molecule has 7 heteroatoms. The molecule has 0 bridgehead atoms. The van der Waals surface area contributed by atoms with Crippen LogP contribution in [-0.4, -0.2) is 46.8 Å². The molecule has 3 aromatic heterocycles. The molecule has 0 atom stereocenters. The number of pyridine rings is 1. The van der Waals surface area contributed by atoms with Crippen molar-refractivity contribution in [1.29, 1.82) is 0 Å². The molecule has 0 radical (unpaired) electrons. The molecule has 1 saturated heterocycles. The van der Waals surface area contributed by atoms with Gasteiger partial charge >= 0.3 is 0 Å². The van der Waals surface area contributed by atoms with E-state index in [-0.39, 0.29) is 18.0 Å². The van der Waals surface area contributed by atoms with Crippen LogP contribution >= 0.6 is 0 Å². The number of quaternary nitrogens is 1. The number of halogens is 1. The van der Waals surface area contributed by atoms with Gasteiger partial charge in [0.15, 0.2) is 5.65 Å². The lowest BCUT2D eigenvalue weighted by molar-refractivity contribution is -0.908. The van der Waals surface area contributed by atoms with Gasteiger partial charge in [0.1, 0.15) is 18.6 Å². The SMILES string of the molecule is O=c1c2cccn2c2ncccc2n1CC[NH+]1CCOCC1.[Cl-]. The quantitative estimate of drug-likeness (QED) is 0.542. The monoisotopic (exact) mass is 334 g/mol. The lowest BCUT2D eigenvalue weighted by atomic mass is 10.3. The van der Waals surface area contributed by atoms with Crippen molar-refractivity contribution in [2.45, 2.75) is 6.54 Å². The summed E-state index contributed by atoms with van der Waals surface area (Å²) in [5, 5.41) is 0. The molecule has 1 N–H and O–H groups in total. The smallest absolute Gasteiger partial charge is 0.275 e. The third-order valence-corrected chi connectivity index (χ3v) is 4.39. The molecule has 6 nitrogen and oxygen atoms in total. The first-order valence-corrected chi connectivity index (χ1v) is 7.70. The fourth-order valence-electron chi connectivity index (χ4n) is 3.17. The van der Waals surface area contributed by atoms with Gasteiger partial charge in [0.05, 0.1) is 31.8 Å². The highest BCUT2D eigenvalue weighted by Crippen LogP contribution is 2.12. The Kier molecular flexibility index (Phi) is 4.66. The lowest BCUT2D eigenvalue weighted by Gasteiger charge is -2.24. The van der Waals surface area contributed by atoms with Crippen molar-refractivity contribution in [3.63, 3.8) is 0 Å². The Balaban J connectivity index is 0.00000156. The van der Waals surface area contributed by atoms with Crippen LogP contribution in [0.25, 0.3) is 16.7 Å². The van der Waals surface area contributed by atoms with Gasteiger partial charge in [-0.2, -0.15) is 0 Å². The maximum Gasteiger partial charge on any atom is 0.275 e. The Hall–Kier alpha value is -1.89. The van der Waals surface area contributed by atoms with Gasteiger partial charge in [-0.25, -0.2) is 4.98 Å². The topological polar surface area (TPSA) is 53.0 Å². The van der Waals surface area contributed by atoms with Crippen LogP contribution in [-0.2, 0) is 11.3 Å². The second-order valence-corrected chi connectivity index (χ2v) is 5.68. The average Bonchev–Trinajstić information content (AvgIpc) is 3.06. The summed E-state index contributed by atoms with van der Waals surface area (Å²) in [6, 6.07) is 7.60. The van der Waals surface area contributed by atoms with Crippen LogP contribution in [0.2, 0.25) is 0 Å². The van der Waals surface area contributed by atoms with Gasteiger partial charge in [-0.05, 0) is 24.3 Å². The van der Waals surface area contributed by atoms with Crippen LogP contribution in [0.5, 0.6) is 0 Å². The highest BCUT2D eigenvalue weighted by Gasteiger charge is 2.16. The van der Waals surface area contributed by atoms with E-state index in [4.69, 9.17) is 4.74 Å². The third kappa shape index (κ3) is 2.85. The maximum absolute atomic E-state index is 12.8. The van der Waals surface area contributed by atoms with Crippen LogP contribution in [0.3, 0.4) is 0 Å². The van der Waals surface area contributed by atoms with Crippen molar-refractivity contribution >= 4 is 16.7 Å². The van der Waals surface area contributed by atoms with Gasteiger partial charge in [-0.1, -0.05) is 0 Å². The zero-order valence-corrected chi connectivity index (χ0v) is 13.5. The van der Waals surface area contributed by atoms with E-state index in [1.54, 1.807) is 6.20 Å². The number of morpholine rings is 1. The van der Waals surface area contributed by atoms with E-state index >= 15 is 0 Å². The molecule has 0 spiro atoms. The first-order valence-electron chi connectivity index (χ1n) is 7.70. The van der Waals surface area contributed by atoms with Crippen LogP contribution in [0, 0.1) is 0 Å². The number of fused-ring (bicyclic) bond motifs is 3. The molecule has 0 amide bonds. The average molecular weight is 335 g/mol. The Labute approximate surface area is 139 Å². The number of aromatic nitrogens is 3. The predicted molar refractivity (Wildman–Crippen MR) is 83.3 cm³/mol. The first kappa shape index (κ1) is 16.0. The van der Waals surface area contributed by atoms with Gasteiger partial charge in [0.2, 0.25) is 0 Å². The third-order valence-electron chi connectivity index (χ3n) is 4.39. The highest BCUT2D eigenvalue weighted by molar-refractivity contribution is 5.74. The molecule has 0 aliphatic carbocycles. The number of ether oxygens (including phenoxy) is 1. The van der Waals surface area contributed by atoms with Crippen molar-refractivity contribution < 1.29 is 22.0 Å². The molecule has 4 rings (SSSR count). The Bertz CT molecular complexity index is 867. The molecule has 1 aliphatic heterocycles. The molecule has 3 aromatic rings. The fraction of sp³-hybridized carbons (Fsp3) is 0.375. The molecule has 122 valence electrons. The summed E-state index contributed by atoms with van der Waals surface area (Å²) in [4.78, 5) is 18.7. The van der Waals surface area contributed by atoms with Crippen LogP contribution in [0.1, 0.15) is 0 Å². The Morgan fingerprint density at radius 3 is 2.78 bits per heavy atom. The molecule has 4 heterocycles. The van der Waals surface area contributed by atoms with Crippen LogP contribution in [0.15, 0.2) is 41.5 Å². The summed E-state index contributed by atoms with van der Waals surface area (Å²) in [6.45, 7) is 5.29. The molecule has 0 saturated carbocycles. The van der Waals surface area contributed by atoms with E-state index < -0.39 is 0 Å². The van der Waals surface area contributed by atoms with E-state index in [9.17, 15) is 4.79 Å². The van der Waals surface area contributed by atoms with Crippen molar-refractivity contribution in [2.24, 2.45) is 0 Å². The van der Waals surface area contributed by atoms with E-state index in [0.29, 0.717) is 12.1 Å². The van der Waals surface area contributed by atoms with Crippen molar-refractivity contribution in [3.05, 3.63) is 47.0 Å². The predicted octanol–water partition coefficient (Wildman–Crippen LogP) is -3.43. The summed E-state index contributed by atoms with van der Waals surface area (Å²) in [5.74, 6) is 0. The minimum Gasteiger partial charge on any atom is -1.00 e. The second-order valence-electron chi connectivity index (χ2n) is 5.68. The summed E-state index contributed by atoms with van der Waals surface area (Å²) >= 11 is 0. The normalized spacial score (nSPS) is 15.8. The van der Waals surface area contributed by atoms with Crippen molar-refractivity contribution in [2.75, 3.05) is 32.8 Å². The summed E-state index contributed by atoms with van der Waals surface area (Å²) in [7, 11) is 0. The zero-order valence-electron chi connectivity index (χ0n) is 12.7. The van der Waals surface area contributed by atoms with Gasteiger partial charge < -0.3 is 22.0 Å². The molecule has 23 heavy (non-hydrogen) atoms. The van der Waals surface area contributed by atoms with E-state index in [1.807, 2.05) is 39.4 Å². The van der Waals surface area contributed by atoms with Crippen LogP contribution < -0.4 is 22.9 Å².